The van der Waals surface area contributed by atoms with Gasteiger partial charge in [0, 0.05) is 36.1 Å². The van der Waals surface area contributed by atoms with E-state index in [4.69, 9.17) is 5.73 Å². The summed E-state index contributed by atoms with van der Waals surface area (Å²) in [6.45, 7) is 0.371. The lowest BCUT2D eigenvalue weighted by Gasteiger charge is -2.08. The molecule has 0 saturated carbocycles. The van der Waals surface area contributed by atoms with Gasteiger partial charge < -0.3 is 15.6 Å². The average Bonchev–Trinajstić information content (AvgIpc) is 3.24. The van der Waals surface area contributed by atoms with Crippen LogP contribution >= 0.6 is 0 Å². The smallest absolute Gasteiger partial charge is 0.384 e. The molecule has 4 aromatic rings. The summed E-state index contributed by atoms with van der Waals surface area (Å²) in [5.74, 6) is -0.876. The third kappa shape index (κ3) is 4.35. The lowest BCUT2D eigenvalue weighted by molar-refractivity contribution is -0.159. The fourth-order valence-electron chi connectivity index (χ4n) is 2.62. The molecule has 30 heavy (non-hydrogen) atoms. The van der Waals surface area contributed by atoms with Crippen LogP contribution in [0.3, 0.4) is 0 Å². The molecule has 0 aliphatic carbocycles. The highest BCUT2D eigenvalue weighted by atomic mass is 19.4. The third-order valence-corrected chi connectivity index (χ3v) is 4.03. The molecule has 0 bridgehead atoms. The normalized spacial score (nSPS) is 11.4. The van der Waals surface area contributed by atoms with Crippen LogP contribution in [0.25, 0.3) is 22.6 Å². The predicted octanol–water partition coefficient (Wildman–Crippen LogP) is 3.80. The molecule has 0 spiro atoms. The number of nitrogens with zero attached hydrogens (tertiary/aromatic N) is 5. The maximum atomic E-state index is 12.6. The molecule has 3 heterocycles. The molecule has 0 amide bonds. The number of aromatic nitrogens is 5. The van der Waals surface area contributed by atoms with Crippen LogP contribution in [-0.4, -0.2) is 25.1 Å². The summed E-state index contributed by atoms with van der Waals surface area (Å²) in [5.41, 5.74) is 8.54. The van der Waals surface area contributed by atoms with Crippen LogP contribution in [0.1, 0.15) is 11.5 Å². The highest BCUT2D eigenvalue weighted by Gasteiger charge is 2.38. The molecule has 0 saturated heterocycles. The van der Waals surface area contributed by atoms with Gasteiger partial charge in [-0.05, 0) is 17.7 Å². The van der Waals surface area contributed by atoms with E-state index in [9.17, 15) is 13.2 Å². The van der Waals surface area contributed by atoms with Crippen LogP contribution in [0.4, 0.5) is 24.9 Å². The molecule has 3 aromatic heterocycles. The summed E-state index contributed by atoms with van der Waals surface area (Å²) in [6.07, 6.45) is -1.34. The Morgan fingerprint density at radius 2 is 1.80 bits per heavy atom. The summed E-state index contributed by atoms with van der Waals surface area (Å²) >= 11 is 0. The molecule has 0 aliphatic heterocycles. The van der Waals surface area contributed by atoms with E-state index in [2.05, 4.69) is 34.9 Å². The second kappa shape index (κ2) is 7.78. The fraction of sp³-hybridized carbons (Fsp3) is 0.105. The minimum absolute atomic E-state index is 0.137. The fourth-order valence-corrected chi connectivity index (χ4v) is 2.62. The number of alkyl halides is 3. The van der Waals surface area contributed by atoms with Gasteiger partial charge in [0.05, 0.1) is 5.69 Å². The molecule has 1 aromatic carbocycles. The van der Waals surface area contributed by atoms with Gasteiger partial charge in [-0.15, -0.1) is 0 Å². The van der Waals surface area contributed by atoms with Crippen molar-refractivity contribution in [3.8, 4) is 22.6 Å². The monoisotopic (exact) mass is 413 g/mol. The van der Waals surface area contributed by atoms with Crippen molar-refractivity contribution in [2.24, 2.45) is 0 Å². The van der Waals surface area contributed by atoms with Gasteiger partial charge in [0.15, 0.2) is 0 Å². The summed E-state index contributed by atoms with van der Waals surface area (Å²) in [6, 6.07) is 12.0. The van der Waals surface area contributed by atoms with E-state index >= 15 is 0 Å². The SMILES string of the molecule is Nc1cc(-c2cccnc2)nc(NCc2ccc(-c3noc(C(F)(F)F)n3)cc2)n1. The zero-order valence-corrected chi connectivity index (χ0v) is 15.3. The van der Waals surface area contributed by atoms with Gasteiger partial charge in [-0.3, -0.25) is 4.98 Å². The predicted molar refractivity (Wildman–Crippen MR) is 102 cm³/mol. The topological polar surface area (TPSA) is 116 Å². The number of anilines is 2. The van der Waals surface area contributed by atoms with E-state index in [-0.39, 0.29) is 5.82 Å². The summed E-state index contributed by atoms with van der Waals surface area (Å²) < 4.78 is 42.0. The van der Waals surface area contributed by atoms with E-state index in [1.807, 2.05) is 6.07 Å². The van der Waals surface area contributed by atoms with Crippen LogP contribution in [0.15, 0.2) is 59.4 Å². The maximum absolute atomic E-state index is 12.6. The Morgan fingerprint density at radius 1 is 1.00 bits per heavy atom. The van der Waals surface area contributed by atoms with Gasteiger partial charge in [-0.2, -0.15) is 23.1 Å². The van der Waals surface area contributed by atoms with Crippen LogP contribution in [-0.2, 0) is 12.7 Å². The Hall–Kier alpha value is -4.02. The van der Waals surface area contributed by atoms with Crippen molar-refractivity contribution in [1.29, 1.82) is 0 Å². The summed E-state index contributed by atoms with van der Waals surface area (Å²) in [4.78, 5) is 16.0. The first-order chi connectivity index (χ1) is 14.4. The van der Waals surface area contributed by atoms with Gasteiger partial charge in [0.2, 0.25) is 11.8 Å². The van der Waals surface area contributed by atoms with Gasteiger partial charge in [-0.25, -0.2) is 4.98 Å². The number of pyridine rings is 1. The third-order valence-electron chi connectivity index (χ3n) is 4.03. The van der Waals surface area contributed by atoms with Crippen molar-refractivity contribution in [3.05, 3.63) is 66.3 Å². The van der Waals surface area contributed by atoms with Crippen molar-refractivity contribution in [2.75, 3.05) is 11.1 Å². The number of nitrogen functional groups attached to an aromatic ring is 1. The second-order valence-corrected chi connectivity index (χ2v) is 6.21. The molecule has 3 N–H and O–H groups in total. The Balaban J connectivity index is 1.46. The molecule has 0 atom stereocenters. The molecule has 0 radical (unpaired) electrons. The van der Waals surface area contributed by atoms with Crippen LogP contribution in [0.5, 0.6) is 0 Å². The number of nitrogens with one attached hydrogen (secondary N) is 1. The number of hydrogen-bond acceptors (Lipinski definition) is 8. The lowest BCUT2D eigenvalue weighted by atomic mass is 10.1. The van der Waals surface area contributed by atoms with E-state index in [0.29, 0.717) is 29.6 Å². The Morgan fingerprint density at radius 3 is 2.47 bits per heavy atom. The minimum Gasteiger partial charge on any atom is -0.384 e. The Bertz CT molecular complexity index is 1150. The number of halogens is 3. The molecule has 0 unspecified atom stereocenters. The molecule has 0 fully saturated rings. The molecule has 11 heteroatoms. The van der Waals surface area contributed by atoms with Crippen LogP contribution < -0.4 is 11.1 Å². The first-order valence-corrected chi connectivity index (χ1v) is 8.67. The van der Waals surface area contributed by atoms with Gasteiger partial charge in [-0.1, -0.05) is 29.4 Å². The molecule has 4 rings (SSSR count). The number of hydrogen-bond donors (Lipinski definition) is 2. The van der Waals surface area contributed by atoms with Crippen molar-refractivity contribution in [2.45, 2.75) is 12.7 Å². The van der Waals surface area contributed by atoms with Crippen molar-refractivity contribution in [3.63, 3.8) is 0 Å². The van der Waals surface area contributed by atoms with Crippen molar-refractivity contribution < 1.29 is 17.7 Å². The Labute approximate surface area is 168 Å². The van der Waals surface area contributed by atoms with Crippen LogP contribution in [0, 0.1) is 0 Å². The zero-order valence-electron chi connectivity index (χ0n) is 15.3. The van der Waals surface area contributed by atoms with Crippen molar-refractivity contribution >= 4 is 11.8 Å². The zero-order chi connectivity index (χ0) is 21.1. The van der Waals surface area contributed by atoms with Gasteiger partial charge >= 0.3 is 12.1 Å². The van der Waals surface area contributed by atoms with Crippen LogP contribution in [0.2, 0.25) is 0 Å². The van der Waals surface area contributed by atoms with Crippen molar-refractivity contribution in [1.82, 2.24) is 25.1 Å². The average molecular weight is 413 g/mol. The van der Waals surface area contributed by atoms with E-state index < -0.39 is 12.1 Å². The minimum atomic E-state index is -4.68. The molecular weight excluding hydrogens is 399 g/mol. The first-order valence-electron chi connectivity index (χ1n) is 8.67. The summed E-state index contributed by atoms with van der Waals surface area (Å²) in [5, 5.41) is 6.44. The quantitative estimate of drug-likeness (QED) is 0.508. The molecule has 8 nitrogen and oxygen atoms in total. The molecule has 0 aliphatic rings. The maximum Gasteiger partial charge on any atom is 0.471 e. The van der Waals surface area contributed by atoms with Gasteiger partial charge in [0.1, 0.15) is 5.82 Å². The highest BCUT2D eigenvalue weighted by Crippen LogP contribution is 2.29. The second-order valence-electron chi connectivity index (χ2n) is 6.21. The highest BCUT2D eigenvalue weighted by molar-refractivity contribution is 5.62. The lowest BCUT2D eigenvalue weighted by Crippen LogP contribution is -2.06. The number of nitrogens with two attached hydrogens (primary N) is 1. The summed E-state index contributed by atoms with van der Waals surface area (Å²) in [7, 11) is 0. The number of rotatable bonds is 5. The van der Waals surface area contributed by atoms with Gasteiger partial charge in [0.25, 0.3) is 0 Å². The number of benzene rings is 1. The first kappa shape index (κ1) is 19.3. The standard InChI is InChI=1S/C19H14F3N7O/c20-19(21,22)17-28-16(29-30-17)12-5-3-11(4-6-12)9-25-18-26-14(8-15(23)27-18)13-2-1-7-24-10-13/h1-8,10H,9H2,(H3,23,25,26,27). The van der Waals surface area contributed by atoms with E-state index in [1.54, 1.807) is 48.8 Å². The Kier molecular flexibility index (Phi) is 5.00. The largest absolute Gasteiger partial charge is 0.471 e. The molecule has 152 valence electrons. The molecular formula is C19H14F3N7O. The van der Waals surface area contributed by atoms with E-state index in [0.717, 1.165) is 11.1 Å². The van der Waals surface area contributed by atoms with E-state index in [1.165, 1.54) is 0 Å².